The Morgan fingerprint density at radius 2 is 2.16 bits per heavy atom. The summed E-state index contributed by atoms with van der Waals surface area (Å²) in [5, 5.41) is 0. The van der Waals surface area contributed by atoms with Gasteiger partial charge in [0.15, 0.2) is 5.82 Å². The highest BCUT2D eigenvalue weighted by Gasteiger charge is 2.16. The topological polar surface area (TPSA) is 27.1 Å². The first-order chi connectivity index (χ1) is 9.06. The van der Waals surface area contributed by atoms with Gasteiger partial charge in [0.25, 0.3) is 0 Å². The van der Waals surface area contributed by atoms with Gasteiger partial charge in [-0.2, -0.15) is 0 Å². The highest BCUT2D eigenvalue weighted by atomic mass is 35.5. The van der Waals surface area contributed by atoms with E-state index in [4.69, 9.17) is 16.3 Å². The van der Waals surface area contributed by atoms with Crippen LogP contribution in [0.5, 0.6) is 0 Å². The van der Waals surface area contributed by atoms with Crippen LogP contribution in [0.4, 0.5) is 8.78 Å². The number of benzene rings is 1. The summed E-state index contributed by atoms with van der Waals surface area (Å²) in [5.74, 6) is -0.664. The molecule has 104 valence electrons. The first-order valence-corrected chi connectivity index (χ1v) is 6.62. The van der Waals surface area contributed by atoms with Gasteiger partial charge in [-0.25, -0.2) is 13.8 Å². The second-order valence-corrected chi connectivity index (χ2v) is 4.56. The first kappa shape index (κ1) is 14.2. The summed E-state index contributed by atoms with van der Waals surface area (Å²) in [6.07, 6.45) is -0.0873. The predicted octanol–water partition coefficient (Wildman–Crippen LogP) is 3.48. The molecule has 0 aliphatic heterocycles. The number of hydrogen-bond donors (Lipinski definition) is 0. The van der Waals surface area contributed by atoms with Crippen molar-refractivity contribution in [2.75, 3.05) is 6.61 Å². The Morgan fingerprint density at radius 3 is 2.79 bits per heavy atom. The van der Waals surface area contributed by atoms with Crippen LogP contribution >= 0.6 is 11.6 Å². The maximum Gasteiger partial charge on any atom is 0.153 e. The van der Waals surface area contributed by atoms with E-state index in [0.29, 0.717) is 24.5 Å². The molecule has 0 aliphatic carbocycles. The van der Waals surface area contributed by atoms with Gasteiger partial charge in [0.05, 0.1) is 24.0 Å². The zero-order valence-corrected chi connectivity index (χ0v) is 11.5. The van der Waals surface area contributed by atoms with Gasteiger partial charge in [-0.3, -0.25) is 0 Å². The number of rotatable bonds is 5. The van der Waals surface area contributed by atoms with E-state index >= 15 is 0 Å². The van der Waals surface area contributed by atoms with Crippen LogP contribution in [0, 0.1) is 11.6 Å². The highest BCUT2D eigenvalue weighted by Crippen LogP contribution is 2.22. The molecule has 3 nitrogen and oxygen atoms in total. The molecule has 0 aliphatic rings. The van der Waals surface area contributed by atoms with Crippen LogP contribution in [0.1, 0.15) is 19.7 Å². The van der Waals surface area contributed by atoms with Gasteiger partial charge >= 0.3 is 0 Å². The van der Waals surface area contributed by atoms with Gasteiger partial charge in [0.2, 0.25) is 0 Å². The molecular weight excluding hydrogens is 274 g/mol. The van der Waals surface area contributed by atoms with Gasteiger partial charge < -0.3 is 9.30 Å². The zero-order valence-electron chi connectivity index (χ0n) is 10.8. The van der Waals surface area contributed by atoms with Crippen molar-refractivity contribution in [2.24, 2.45) is 0 Å². The van der Waals surface area contributed by atoms with E-state index in [-0.39, 0.29) is 17.5 Å². The fraction of sp³-hybridized carbons (Fsp3) is 0.462. The van der Waals surface area contributed by atoms with Crippen molar-refractivity contribution in [3.8, 4) is 0 Å². The van der Waals surface area contributed by atoms with Crippen LogP contribution in [-0.2, 0) is 17.2 Å². The Kier molecular flexibility index (Phi) is 4.37. The van der Waals surface area contributed by atoms with Crippen LogP contribution in [0.15, 0.2) is 12.1 Å². The number of halogens is 3. The summed E-state index contributed by atoms with van der Waals surface area (Å²) < 4.78 is 34.2. The van der Waals surface area contributed by atoms with Crippen molar-refractivity contribution in [1.82, 2.24) is 9.55 Å². The molecular formula is C13H15ClF2N2O. The van der Waals surface area contributed by atoms with E-state index in [2.05, 4.69) is 4.98 Å². The summed E-state index contributed by atoms with van der Waals surface area (Å²) >= 11 is 5.82. The Labute approximate surface area is 115 Å². The van der Waals surface area contributed by atoms with Crippen LogP contribution in [0.25, 0.3) is 11.0 Å². The Hall–Kier alpha value is -1.20. The lowest BCUT2D eigenvalue weighted by Gasteiger charge is -2.14. The predicted molar refractivity (Wildman–Crippen MR) is 70.3 cm³/mol. The average molecular weight is 289 g/mol. The molecule has 1 aromatic heterocycles. The van der Waals surface area contributed by atoms with E-state index in [0.717, 1.165) is 6.07 Å². The minimum atomic E-state index is -0.677. The number of imidazole rings is 1. The highest BCUT2D eigenvalue weighted by molar-refractivity contribution is 6.16. The molecule has 1 aromatic carbocycles. The molecule has 1 unspecified atom stereocenters. The SMILES string of the molecule is CCOC(C)Cn1c(CCl)nc2c(F)cc(F)cc21. The van der Waals surface area contributed by atoms with Crippen molar-refractivity contribution in [3.63, 3.8) is 0 Å². The third-order valence-corrected chi connectivity index (χ3v) is 3.10. The quantitative estimate of drug-likeness (QED) is 0.788. The van der Waals surface area contributed by atoms with Gasteiger partial charge in [0, 0.05) is 12.7 Å². The smallest absolute Gasteiger partial charge is 0.153 e. The van der Waals surface area contributed by atoms with E-state index < -0.39 is 11.6 Å². The summed E-state index contributed by atoms with van der Waals surface area (Å²) in [7, 11) is 0. The molecule has 0 spiro atoms. The number of aromatic nitrogens is 2. The largest absolute Gasteiger partial charge is 0.377 e. The van der Waals surface area contributed by atoms with Crippen LogP contribution in [0.2, 0.25) is 0 Å². The fourth-order valence-electron chi connectivity index (χ4n) is 2.10. The summed E-state index contributed by atoms with van der Waals surface area (Å²) in [5.41, 5.74) is 0.542. The monoisotopic (exact) mass is 288 g/mol. The van der Waals surface area contributed by atoms with E-state index in [1.807, 2.05) is 13.8 Å². The van der Waals surface area contributed by atoms with Gasteiger partial charge in [-0.1, -0.05) is 0 Å². The maximum atomic E-state index is 13.7. The van der Waals surface area contributed by atoms with Gasteiger partial charge in [0.1, 0.15) is 17.2 Å². The third-order valence-electron chi connectivity index (χ3n) is 2.86. The lowest BCUT2D eigenvalue weighted by atomic mass is 10.3. The van der Waals surface area contributed by atoms with Crippen molar-refractivity contribution >= 4 is 22.6 Å². The molecule has 1 heterocycles. The average Bonchev–Trinajstić information content (AvgIpc) is 2.68. The standard InChI is InChI=1S/C13H15ClF2N2O/c1-3-19-8(2)7-18-11-5-9(15)4-10(16)13(11)17-12(18)6-14/h4-5,8H,3,6-7H2,1-2H3. The lowest BCUT2D eigenvalue weighted by molar-refractivity contribution is 0.0643. The van der Waals surface area contributed by atoms with E-state index in [9.17, 15) is 8.78 Å². The summed E-state index contributed by atoms with van der Waals surface area (Å²) in [6, 6.07) is 2.09. The van der Waals surface area contributed by atoms with Gasteiger partial charge in [-0.15, -0.1) is 11.6 Å². The minimum absolute atomic E-state index is 0.0873. The van der Waals surface area contributed by atoms with Gasteiger partial charge in [-0.05, 0) is 19.9 Å². The molecule has 0 N–H and O–H groups in total. The van der Waals surface area contributed by atoms with Crippen LogP contribution in [0.3, 0.4) is 0 Å². The Morgan fingerprint density at radius 1 is 1.42 bits per heavy atom. The number of ether oxygens (including phenoxy) is 1. The molecule has 1 atom stereocenters. The normalized spacial score (nSPS) is 13.1. The number of hydrogen-bond acceptors (Lipinski definition) is 2. The molecule has 0 fully saturated rings. The molecule has 6 heteroatoms. The van der Waals surface area contributed by atoms with E-state index in [1.54, 1.807) is 4.57 Å². The first-order valence-electron chi connectivity index (χ1n) is 6.08. The number of alkyl halides is 1. The number of fused-ring (bicyclic) bond motifs is 1. The lowest BCUT2D eigenvalue weighted by Crippen LogP contribution is -2.18. The van der Waals surface area contributed by atoms with Crippen molar-refractivity contribution in [1.29, 1.82) is 0 Å². The minimum Gasteiger partial charge on any atom is -0.377 e. The molecule has 19 heavy (non-hydrogen) atoms. The molecule has 0 bridgehead atoms. The maximum absolute atomic E-state index is 13.7. The summed E-state index contributed by atoms with van der Waals surface area (Å²) in [4.78, 5) is 4.12. The number of nitrogens with zero attached hydrogens (tertiary/aromatic N) is 2. The fourth-order valence-corrected chi connectivity index (χ4v) is 2.30. The molecule has 0 saturated heterocycles. The zero-order chi connectivity index (χ0) is 14.0. The van der Waals surface area contributed by atoms with Crippen molar-refractivity contribution in [2.45, 2.75) is 32.4 Å². The second-order valence-electron chi connectivity index (χ2n) is 4.29. The van der Waals surface area contributed by atoms with Crippen LogP contribution in [-0.4, -0.2) is 22.3 Å². The second kappa shape index (κ2) is 5.84. The molecule has 0 radical (unpaired) electrons. The van der Waals surface area contributed by atoms with Crippen molar-refractivity contribution in [3.05, 3.63) is 29.6 Å². The third kappa shape index (κ3) is 2.87. The molecule has 2 rings (SSSR count). The van der Waals surface area contributed by atoms with Crippen molar-refractivity contribution < 1.29 is 13.5 Å². The van der Waals surface area contributed by atoms with Crippen LogP contribution < -0.4 is 0 Å². The molecule has 2 aromatic rings. The Balaban J connectivity index is 2.50. The molecule has 0 saturated carbocycles. The Bertz CT molecular complexity index is 586. The van der Waals surface area contributed by atoms with E-state index in [1.165, 1.54) is 6.07 Å². The molecule has 0 amide bonds. The summed E-state index contributed by atoms with van der Waals surface area (Å²) in [6.45, 7) is 4.81.